The second kappa shape index (κ2) is 5.07. The first-order chi connectivity index (χ1) is 7.77. The molecule has 86 valence electrons. The van der Waals surface area contributed by atoms with Crippen LogP contribution in [-0.2, 0) is 11.2 Å². The van der Waals surface area contributed by atoms with Gasteiger partial charge in [0.15, 0.2) is 0 Å². The number of hydrogen-bond acceptors (Lipinski definition) is 3. The van der Waals surface area contributed by atoms with Crippen molar-refractivity contribution in [2.75, 3.05) is 6.54 Å². The van der Waals surface area contributed by atoms with Gasteiger partial charge in [-0.05, 0) is 30.9 Å². The van der Waals surface area contributed by atoms with Gasteiger partial charge in [0.1, 0.15) is 6.04 Å². The molecule has 1 aromatic heterocycles. The third-order valence-electron chi connectivity index (χ3n) is 2.83. The van der Waals surface area contributed by atoms with Crippen molar-refractivity contribution < 1.29 is 9.90 Å². The molecule has 1 saturated carbocycles. The molecule has 0 radical (unpaired) electrons. The third kappa shape index (κ3) is 3.03. The molecule has 2 N–H and O–H groups in total. The number of carboxylic acids is 1. The second-order valence-corrected chi connectivity index (χ2v) is 4.18. The molecule has 1 aliphatic rings. The van der Waals surface area contributed by atoms with Crippen LogP contribution in [0.3, 0.4) is 0 Å². The van der Waals surface area contributed by atoms with E-state index in [1.807, 2.05) is 18.2 Å². The first-order valence-electron chi connectivity index (χ1n) is 5.63. The molecule has 0 bridgehead atoms. The van der Waals surface area contributed by atoms with Crippen molar-refractivity contribution in [2.45, 2.75) is 25.3 Å². The van der Waals surface area contributed by atoms with Crippen molar-refractivity contribution in [1.29, 1.82) is 0 Å². The molecule has 0 amide bonds. The Morgan fingerprint density at radius 3 is 2.94 bits per heavy atom. The fourth-order valence-electron chi connectivity index (χ4n) is 1.79. The van der Waals surface area contributed by atoms with Crippen LogP contribution in [0.1, 0.15) is 18.5 Å². The Balaban J connectivity index is 1.76. The average Bonchev–Trinajstić information content (AvgIpc) is 3.09. The molecule has 1 fully saturated rings. The second-order valence-electron chi connectivity index (χ2n) is 4.18. The summed E-state index contributed by atoms with van der Waals surface area (Å²) in [5.41, 5.74) is 0.995. The largest absolute Gasteiger partial charge is 0.480 e. The Hall–Kier alpha value is -1.42. The van der Waals surface area contributed by atoms with Gasteiger partial charge in [-0.15, -0.1) is 0 Å². The van der Waals surface area contributed by atoms with Crippen LogP contribution in [0.5, 0.6) is 0 Å². The van der Waals surface area contributed by atoms with E-state index in [-0.39, 0.29) is 6.04 Å². The summed E-state index contributed by atoms with van der Waals surface area (Å²) >= 11 is 0. The van der Waals surface area contributed by atoms with Crippen LogP contribution in [-0.4, -0.2) is 28.6 Å². The molecule has 4 heteroatoms. The van der Waals surface area contributed by atoms with Crippen LogP contribution in [0.2, 0.25) is 0 Å². The molecule has 4 nitrogen and oxygen atoms in total. The Labute approximate surface area is 94.7 Å². The highest BCUT2D eigenvalue weighted by atomic mass is 16.4. The molecule has 1 aliphatic carbocycles. The van der Waals surface area contributed by atoms with Gasteiger partial charge in [-0.2, -0.15) is 0 Å². The number of rotatable bonds is 6. The third-order valence-corrected chi connectivity index (χ3v) is 2.83. The summed E-state index contributed by atoms with van der Waals surface area (Å²) in [5.74, 6) is -0.398. The van der Waals surface area contributed by atoms with Gasteiger partial charge in [0.05, 0.1) is 0 Å². The fraction of sp³-hybridized carbons (Fsp3) is 0.500. The van der Waals surface area contributed by atoms with E-state index in [0.717, 1.165) is 25.0 Å². The van der Waals surface area contributed by atoms with Gasteiger partial charge in [-0.3, -0.25) is 9.78 Å². The molecule has 0 saturated heterocycles. The van der Waals surface area contributed by atoms with E-state index in [1.54, 1.807) is 6.20 Å². The minimum absolute atomic E-state index is 0.334. The maximum Gasteiger partial charge on any atom is 0.320 e. The maximum atomic E-state index is 10.9. The molecule has 0 aromatic carbocycles. The molecule has 2 rings (SSSR count). The van der Waals surface area contributed by atoms with Crippen LogP contribution < -0.4 is 5.32 Å². The van der Waals surface area contributed by atoms with Crippen LogP contribution in [0.15, 0.2) is 24.4 Å². The Kier molecular flexibility index (Phi) is 3.51. The van der Waals surface area contributed by atoms with E-state index < -0.39 is 5.97 Å². The lowest BCUT2D eigenvalue weighted by atomic mass is 10.2. The number of pyridine rings is 1. The predicted octanol–water partition coefficient (Wildman–Crippen LogP) is 1.08. The van der Waals surface area contributed by atoms with E-state index >= 15 is 0 Å². The topological polar surface area (TPSA) is 62.2 Å². The predicted molar refractivity (Wildman–Crippen MR) is 60.1 cm³/mol. The Morgan fingerprint density at radius 1 is 1.56 bits per heavy atom. The van der Waals surface area contributed by atoms with Gasteiger partial charge < -0.3 is 10.4 Å². The van der Waals surface area contributed by atoms with E-state index in [4.69, 9.17) is 5.11 Å². The Morgan fingerprint density at radius 2 is 2.38 bits per heavy atom. The zero-order valence-corrected chi connectivity index (χ0v) is 9.10. The summed E-state index contributed by atoms with van der Waals surface area (Å²) in [4.78, 5) is 15.1. The highest BCUT2D eigenvalue weighted by Crippen LogP contribution is 2.32. The molecule has 1 heterocycles. The lowest BCUT2D eigenvalue weighted by molar-refractivity contribution is -0.140. The number of carbonyl (C=O) groups is 1. The molecule has 16 heavy (non-hydrogen) atoms. The van der Waals surface area contributed by atoms with Crippen molar-refractivity contribution >= 4 is 5.97 Å². The summed E-state index contributed by atoms with van der Waals surface area (Å²) in [7, 11) is 0. The number of hydrogen-bond donors (Lipinski definition) is 2. The molecule has 1 atom stereocenters. The molecular weight excluding hydrogens is 204 g/mol. The van der Waals surface area contributed by atoms with Crippen molar-refractivity contribution in [3.63, 3.8) is 0 Å². The molecular formula is C12H16N2O2. The molecule has 1 unspecified atom stereocenters. The van der Waals surface area contributed by atoms with Crippen LogP contribution in [0.25, 0.3) is 0 Å². The minimum atomic E-state index is -0.733. The van der Waals surface area contributed by atoms with Gasteiger partial charge in [-0.1, -0.05) is 6.07 Å². The molecule has 1 aromatic rings. The van der Waals surface area contributed by atoms with E-state index in [0.29, 0.717) is 12.5 Å². The number of carboxylic acid groups (broad SMARTS) is 1. The highest BCUT2D eigenvalue weighted by Gasteiger charge is 2.35. The highest BCUT2D eigenvalue weighted by molar-refractivity contribution is 5.74. The maximum absolute atomic E-state index is 10.9. The van der Waals surface area contributed by atoms with Gasteiger partial charge in [-0.25, -0.2) is 0 Å². The quantitative estimate of drug-likeness (QED) is 0.753. The first kappa shape index (κ1) is 11.1. The zero-order valence-electron chi connectivity index (χ0n) is 9.10. The Bertz CT molecular complexity index is 349. The first-order valence-corrected chi connectivity index (χ1v) is 5.63. The zero-order chi connectivity index (χ0) is 11.4. The monoisotopic (exact) mass is 220 g/mol. The van der Waals surface area contributed by atoms with Crippen LogP contribution >= 0.6 is 0 Å². The number of nitrogens with zero attached hydrogens (tertiary/aromatic N) is 1. The SMILES string of the molecule is O=C(O)C(NCCc1ccccn1)C1CC1. The number of nitrogens with one attached hydrogen (secondary N) is 1. The normalized spacial score (nSPS) is 17.0. The summed E-state index contributed by atoms with van der Waals surface area (Å²) in [6.45, 7) is 0.671. The molecule has 0 spiro atoms. The van der Waals surface area contributed by atoms with Crippen molar-refractivity contribution in [3.05, 3.63) is 30.1 Å². The van der Waals surface area contributed by atoms with Crippen LogP contribution in [0, 0.1) is 5.92 Å². The summed E-state index contributed by atoms with van der Waals surface area (Å²) in [6.07, 6.45) is 4.60. The fourth-order valence-corrected chi connectivity index (χ4v) is 1.79. The average molecular weight is 220 g/mol. The lowest BCUT2D eigenvalue weighted by Gasteiger charge is -2.12. The van der Waals surface area contributed by atoms with Gasteiger partial charge in [0, 0.05) is 24.9 Å². The van der Waals surface area contributed by atoms with E-state index in [9.17, 15) is 4.79 Å². The van der Waals surface area contributed by atoms with Crippen molar-refractivity contribution in [3.8, 4) is 0 Å². The summed E-state index contributed by atoms with van der Waals surface area (Å²) < 4.78 is 0. The number of aliphatic carboxylic acids is 1. The van der Waals surface area contributed by atoms with Gasteiger partial charge in [0.2, 0.25) is 0 Å². The van der Waals surface area contributed by atoms with Crippen molar-refractivity contribution in [2.24, 2.45) is 5.92 Å². The summed E-state index contributed by atoms with van der Waals surface area (Å²) in [6, 6.07) is 5.40. The van der Waals surface area contributed by atoms with E-state index in [2.05, 4.69) is 10.3 Å². The minimum Gasteiger partial charge on any atom is -0.480 e. The van der Waals surface area contributed by atoms with E-state index in [1.165, 1.54) is 0 Å². The standard InChI is InChI=1S/C12H16N2O2/c15-12(16)11(9-4-5-9)14-8-6-10-3-1-2-7-13-10/h1-3,7,9,11,14H,4-6,8H2,(H,15,16). The summed E-state index contributed by atoms with van der Waals surface area (Å²) in [5, 5.41) is 12.1. The van der Waals surface area contributed by atoms with Gasteiger partial charge in [0.25, 0.3) is 0 Å². The smallest absolute Gasteiger partial charge is 0.320 e. The number of aromatic nitrogens is 1. The van der Waals surface area contributed by atoms with Gasteiger partial charge >= 0.3 is 5.97 Å². The lowest BCUT2D eigenvalue weighted by Crippen LogP contribution is -2.39. The molecule has 0 aliphatic heterocycles. The van der Waals surface area contributed by atoms with Crippen molar-refractivity contribution in [1.82, 2.24) is 10.3 Å². The van der Waals surface area contributed by atoms with Crippen LogP contribution in [0.4, 0.5) is 0 Å².